The molecule has 15 heavy (non-hydrogen) atoms. The van der Waals surface area contributed by atoms with E-state index in [9.17, 15) is 4.79 Å². The average Bonchev–Trinajstić information content (AvgIpc) is 2.17. The van der Waals surface area contributed by atoms with Gasteiger partial charge in [0.25, 0.3) is 5.91 Å². The zero-order valence-electron chi connectivity index (χ0n) is 9.74. The van der Waals surface area contributed by atoms with Crippen molar-refractivity contribution in [3.8, 4) is 0 Å². The quantitative estimate of drug-likeness (QED) is 0.824. The van der Waals surface area contributed by atoms with E-state index >= 15 is 0 Å². The van der Waals surface area contributed by atoms with Gasteiger partial charge in [-0.2, -0.15) is 0 Å². The smallest absolute Gasteiger partial charge is 0.270 e. The molecule has 1 amide bonds. The van der Waals surface area contributed by atoms with Crippen LogP contribution in [0.3, 0.4) is 0 Å². The molecule has 0 bridgehead atoms. The minimum atomic E-state index is -0.104. The first-order valence-corrected chi connectivity index (χ1v) is 5.27. The third-order valence-electron chi connectivity index (χ3n) is 2.10. The van der Waals surface area contributed by atoms with Crippen LogP contribution in [0.1, 0.15) is 49.7 Å². The highest BCUT2D eigenvalue weighted by molar-refractivity contribution is 5.92. The molecule has 0 unspecified atom stereocenters. The Hall–Kier alpha value is -1.38. The normalized spacial score (nSPS) is 10.8. The van der Waals surface area contributed by atoms with E-state index in [0.29, 0.717) is 11.6 Å². The molecule has 0 spiro atoms. The summed E-state index contributed by atoms with van der Waals surface area (Å²) in [5.74, 6) is 0.311. The fraction of sp³-hybridized carbons (Fsp3) is 0.500. The molecule has 0 fully saturated rings. The summed E-state index contributed by atoms with van der Waals surface area (Å²) in [5.41, 5.74) is 1.63. The van der Waals surface area contributed by atoms with Crippen LogP contribution in [0.25, 0.3) is 0 Å². The van der Waals surface area contributed by atoms with Crippen LogP contribution in [0.5, 0.6) is 0 Å². The van der Waals surface area contributed by atoms with Gasteiger partial charge in [0.2, 0.25) is 0 Å². The van der Waals surface area contributed by atoms with Gasteiger partial charge in [0, 0.05) is 12.2 Å². The molecule has 0 saturated carbocycles. The lowest BCUT2D eigenvalue weighted by Crippen LogP contribution is -2.30. The maximum absolute atomic E-state index is 11.7. The van der Waals surface area contributed by atoms with Gasteiger partial charge >= 0.3 is 0 Å². The molecule has 1 aromatic heterocycles. The molecule has 0 radical (unpaired) electrons. The van der Waals surface area contributed by atoms with Crippen molar-refractivity contribution in [2.75, 3.05) is 0 Å². The van der Waals surface area contributed by atoms with E-state index in [2.05, 4.69) is 24.1 Å². The molecule has 0 aliphatic rings. The number of nitrogens with one attached hydrogen (secondary N) is 1. The lowest BCUT2D eigenvalue weighted by molar-refractivity contribution is 0.0938. The lowest BCUT2D eigenvalue weighted by atomic mass is 10.0. The lowest BCUT2D eigenvalue weighted by Gasteiger charge is -2.09. The van der Waals surface area contributed by atoms with E-state index in [1.165, 1.54) is 0 Å². The summed E-state index contributed by atoms with van der Waals surface area (Å²) in [6, 6.07) is 3.93. The Labute approximate surface area is 90.9 Å². The molecular weight excluding hydrogens is 188 g/mol. The van der Waals surface area contributed by atoms with Gasteiger partial charge in [-0.15, -0.1) is 0 Å². The first-order chi connectivity index (χ1) is 7.00. The van der Waals surface area contributed by atoms with Gasteiger partial charge in [-0.3, -0.25) is 9.78 Å². The largest absolute Gasteiger partial charge is 0.349 e. The van der Waals surface area contributed by atoms with Crippen LogP contribution in [0, 0.1) is 0 Å². The Morgan fingerprint density at radius 3 is 2.53 bits per heavy atom. The standard InChI is InChI=1S/C12H18N2O/c1-8(2)10-5-6-13-11(7-10)12(15)14-9(3)4/h5-9H,1-4H3,(H,14,15). The van der Waals surface area contributed by atoms with Gasteiger partial charge in [0.05, 0.1) is 0 Å². The first kappa shape index (κ1) is 11.7. The molecule has 1 aromatic rings. The maximum atomic E-state index is 11.7. The zero-order valence-corrected chi connectivity index (χ0v) is 9.74. The van der Waals surface area contributed by atoms with Crippen LogP contribution in [0.15, 0.2) is 18.3 Å². The van der Waals surface area contributed by atoms with Crippen molar-refractivity contribution in [3.63, 3.8) is 0 Å². The monoisotopic (exact) mass is 206 g/mol. The third kappa shape index (κ3) is 3.35. The Morgan fingerprint density at radius 1 is 1.33 bits per heavy atom. The summed E-state index contributed by atoms with van der Waals surface area (Å²) < 4.78 is 0. The second-order valence-corrected chi connectivity index (χ2v) is 4.26. The molecule has 0 aromatic carbocycles. The van der Waals surface area contributed by atoms with E-state index in [4.69, 9.17) is 0 Å². The van der Waals surface area contributed by atoms with Crippen molar-refractivity contribution in [1.82, 2.24) is 10.3 Å². The molecule has 0 saturated heterocycles. The number of hydrogen-bond donors (Lipinski definition) is 1. The van der Waals surface area contributed by atoms with Crippen LogP contribution >= 0.6 is 0 Å². The van der Waals surface area contributed by atoms with E-state index in [-0.39, 0.29) is 11.9 Å². The number of nitrogens with zero attached hydrogens (tertiary/aromatic N) is 1. The van der Waals surface area contributed by atoms with Gasteiger partial charge in [0.15, 0.2) is 0 Å². The molecule has 1 rings (SSSR count). The number of carbonyl (C=O) groups is 1. The Bertz CT molecular complexity index is 345. The van der Waals surface area contributed by atoms with Gasteiger partial charge in [-0.05, 0) is 37.5 Å². The van der Waals surface area contributed by atoms with Crippen molar-refractivity contribution < 1.29 is 4.79 Å². The molecule has 0 aliphatic carbocycles. The molecule has 0 atom stereocenters. The number of amides is 1. The molecule has 3 heteroatoms. The number of carbonyl (C=O) groups excluding carboxylic acids is 1. The van der Waals surface area contributed by atoms with Gasteiger partial charge in [-0.1, -0.05) is 13.8 Å². The molecule has 1 heterocycles. The van der Waals surface area contributed by atoms with Crippen LogP contribution in [-0.2, 0) is 0 Å². The summed E-state index contributed by atoms with van der Waals surface area (Å²) in [6.45, 7) is 8.06. The van der Waals surface area contributed by atoms with Crippen molar-refractivity contribution in [3.05, 3.63) is 29.6 Å². The minimum Gasteiger partial charge on any atom is -0.349 e. The minimum absolute atomic E-state index is 0.104. The third-order valence-corrected chi connectivity index (χ3v) is 2.10. The predicted molar refractivity (Wildman–Crippen MR) is 60.9 cm³/mol. The predicted octanol–water partition coefficient (Wildman–Crippen LogP) is 2.34. The van der Waals surface area contributed by atoms with Crippen molar-refractivity contribution >= 4 is 5.91 Å². The number of rotatable bonds is 3. The van der Waals surface area contributed by atoms with Crippen LogP contribution in [-0.4, -0.2) is 16.9 Å². The topological polar surface area (TPSA) is 42.0 Å². The van der Waals surface area contributed by atoms with Crippen molar-refractivity contribution in [2.45, 2.75) is 39.7 Å². The van der Waals surface area contributed by atoms with Crippen LogP contribution < -0.4 is 5.32 Å². The van der Waals surface area contributed by atoms with E-state index in [0.717, 1.165) is 5.56 Å². The maximum Gasteiger partial charge on any atom is 0.270 e. The number of aromatic nitrogens is 1. The van der Waals surface area contributed by atoms with Crippen molar-refractivity contribution in [2.24, 2.45) is 0 Å². The van der Waals surface area contributed by atoms with E-state index in [1.54, 1.807) is 6.20 Å². The molecule has 3 nitrogen and oxygen atoms in total. The second kappa shape index (κ2) is 4.91. The average molecular weight is 206 g/mol. The molecule has 82 valence electrons. The molecule has 0 aliphatic heterocycles. The Balaban J connectivity index is 2.85. The molecular formula is C12H18N2O. The SMILES string of the molecule is CC(C)NC(=O)c1cc(C(C)C)ccn1. The highest BCUT2D eigenvalue weighted by atomic mass is 16.1. The van der Waals surface area contributed by atoms with E-state index < -0.39 is 0 Å². The zero-order chi connectivity index (χ0) is 11.4. The van der Waals surface area contributed by atoms with Gasteiger partial charge < -0.3 is 5.32 Å². The summed E-state index contributed by atoms with van der Waals surface area (Å²) >= 11 is 0. The fourth-order valence-electron chi connectivity index (χ4n) is 1.27. The number of hydrogen-bond acceptors (Lipinski definition) is 2. The van der Waals surface area contributed by atoms with Gasteiger partial charge in [-0.25, -0.2) is 0 Å². The van der Waals surface area contributed by atoms with Crippen LogP contribution in [0.4, 0.5) is 0 Å². The summed E-state index contributed by atoms with van der Waals surface area (Å²) in [6.07, 6.45) is 1.69. The fourth-order valence-corrected chi connectivity index (χ4v) is 1.27. The summed E-state index contributed by atoms with van der Waals surface area (Å²) in [4.78, 5) is 15.7. The Kier molecular flexibility index (Phi) is 3.83. The second-order valence-electron chi connectivity index (χ2n) is 4.26. The first-order valence-electron chi connectivity index (χ1n) is 5.27. The van der Waals surface area contributed by atoms with Gasteiger partial charge in [0.1, 0.15) is 5.69 Å². The Morgan fingerprint density at radius 2 is 2.00 bits per heavy atom. The summed E-state index contributed by atoms with van der Waals surface area (Å²) in [7, 11) is 0. The highest BCUT2D eigenvalue weighted by Gasteiger charge is 2.09. The van der Waals surface area contributed by atoms with E-state index in [1.807, 2.05) is 26.0 Å². The van der Waals surface area contributed by atoms with Crippen LogP contribution in [0.2, 0.25) is 0 Å². The molecule has 1 N–H and O–H groups in total. The number of pyridine rings is 1. The summed E-state index contributed by atoms with van der Waals surface area (Å²) in [5, 5.41) is 2.82. The van der Waals surface area contributed by atoms with Crippen molar-refractivity contribution in [1.29, 1.82) is 0 Å². The highest BCUT2D eigenvalue weighted by Crippen LogP contribution is 2.13.